The fourth-order valence-electron chi connectivity index (χ4n) is 4.73. The smallest absolute Gasteiger partial charge is 0.00922 e. The van der Waals surface area contributed by atoms with Crippen molar-refractivity contribution in [3.8, 4) is 11.1 Å². The van der Waals surface area contributed by atoms with E-state index in [4.69, 9.17) is 0 Å². The van der Waals surface area contributed by atoms with Crippen LogP contribution in [0.25, 0.3) is 49.0 Å². The average molecular weight is 399 g/mol. The van der Waals surface area contributed by atoms with Crippen LogP contribution in [-0.2, 0) is 0 Å². The van der Waals surface area contributed by atoms with Gasteiger partial charge in [-0.25, -0.2) is 0 Å². The quantitative estimate of drug-likeness (QED) is 0.210. The Morgan fingerprint density at radius 1 is 0.613 bits per heavy atom. The molecule has 0 amide bonds. The SMILES string of the molecule is C/C=C\C(=C/C)c1cc2c3ccccc3c(-c3ccccc3)cc2c2cc(C)ccc12. The Morgan fingerprint density at radius 3 is 2.03 bits per heavy atom. The molecule has 0 bridgehead atoms. The maximum atomic E-state index is 2.39. The van der Waals surface area contributed by atoms with E-state index in [0.29, 0.717) is 0 Å². The lowest BCUT2D eigenvalue weighted by atomic mass is 9.87. The van der Waals surface area contributed by atoms with Crippen LogP contribution in [0.2, 0.25) is 0 Å². The highest BCUT2D eigenvalue weighted by atomic mass is 14.2. The molecule has 5 rings (SSSR count). The Balaban J connectivity index is 2.01. The fraction of sp³-hybridized carbons (Fsp3) is 0.0968. The van der Waals surface area contributed by atoms with E-state index in [-0.39, 0.29) is 0 Å². The molecule has 0 heterocycles. The maximum Gasteiger partial charge on any atom is -0.00922 e. The van der Waals surface area contributed by atoms with E-state index in [2.05, 4.69) is 124 Å². The van der Waals surface area contributed by atoms with Crippen molar-refractivity contribution in [3.05, 3.63) is 114 Å². The van der Waals surface area contributed by atoms with Crippen molar-refractivity contribution in [2.45, 2.75) is 20.8 Å². The summed E-state index contributed by atoms with van der Waals surface area (Å²) in [4.78, 5) is 0. The molecule has 0 radical (unpaired) electrons. The van der Waals surface area contributed by atoms with Gasteiger partial charge in [-0.05, 0) is 87.5 Å². The molecule has 0 N–H and O–H groups in total. The summed E-state index contributed by atoms with van der Waals surface area (Å²) < 4.78 is 0. The van der Waals surface area contributed by atoms with Crippen LogP contribution in [0.5, 0.6) is 0 Å². The van der Waals surface area contributed by atoms with E-state index in [1.807, 2.05) is 0 Å². The van der Waals surface area contributed by atoms with E-state index < -0.39 is 0 Å². The van der Waals surface area contributed by atoms with E-state index >= 15 is 0 Å². The minimum absolute atomic E-state index is 1.26. The van der Waals surface area contributed by atoms with Gasteiger partial charge >= 0.3 is 0 Å². The van der Waals surface area contributed by atoms with Crippen LogP contribution in [-0.4, -0.2) is 0 Å². The highest BCUT2D eigenvalue weighted by Crippen LogP contribution is 2.41. The van der Waals surface area contributed by atoms with Crippen LogP contribution in [0.3, 0.4) is 0 Å². The number of benzene rings is 5. The Morgan fingerprint density at radius 2 is 1.29 bits per heavy atom. The standard InChI is InChI=1S/C31H26/c1-4-11-22(5-2)27-19-30-25-15-10-9-14-24(25)28(23-12-7-6-8-13-23)20-31(30)29-18-21(3)16-17-26(27)29/h4-20H,1-3H3/b11-4-,22-5+. The predicted molar refractivity (Wildman–Crippen MR) is 138 cm³/mol. The van der Waals surface area contributed by atoms with Gasteiger partial charge in [-0.1, -0.05) is 96.6 Å². The van der Waals surface area contributed by atoms with Crippen molar-refractivity contribution in [2.24, 2.45) is 0 Å². The zero-order valence-electron chi connectivity index (χ0n) is 18.3. The number of fused-ring (bicyclic) bond motifs is 5. The van der Waals surface area contributed by atoms with Crippen LogP contribution in [0.15, 0.2) is 103 Å². The Hall–Kier alpha value is -3.64. The van der Waals surface area contributed by atoms with Gasteiger partial charge in [0.1, 0.15) is 0 Å². The minimum Gasteiger partial charge on any atom is -0.0871 e. The summed E-state index contributed by atoms with van der Waals surface area (Å²) in [6.07, 6.45) is 6.54. The van der Waals surface area contributed by atoms with Crippen molar-refractivity contribution in [3.63, 3.8) is 0 Å². The van der Waals surface area contributed by atoms with Crippen molar-refractivity contribution in [1.82, 2.24) is 0 Å². The number of hydrogen-bond acceptors (Lipinski definition) is 0. The zero-order valence-corrected chi connectivity index (χ0v) is 18.3. The predicted octanol–water partition coefficient (Wildman–Crippen LogP) is 9.10. The number of allylic oxidation sites excluding steroid dienone is 4. The van der Waals surface area contributed by atoms with Gasteiger partial charge in [0.2, 0.25) is 0 Å². The van der Waals surface area contributed by atoms with Gasteiger partial charge in [0, 0.05) is 0 Å². The monoisotopic (exact) mass is 398 g/mol. The molecule has 31 heavy (non-hydrogen) atoms. The molecule has 5 aromatic carbocycles. The second-order valence-electron chi connectivity index (χ2n) is 8.15. The zero-order chi connectivity index (χ0) is 21.4. The van der Waals surface area contributed by atoms with Crippen molar-refractivity contribution in [2.75, 3.05) is 0 Å². The Kier molecular flexibility index (Phi) is 4.92. The summed E-state index contributed by atoms with van der Waals surface area (Å²) in [5.41, 5.74) is 6.39. The molecular formula is C31H26. The molecule has 0 aliphatic carbocycles. The van der Waals surface area contributed by atoms with Crippen molar-refractivity contribution < 1.29 is 0 Å². The summed E-state index contributed by atoms with van der Waals surface area (Å²) in [6, 6.07) is 31.2. The topological polar surface area (TPSA) is 0 Å². The molecule has 0 spiro atoms. The summed E-state index contributed by atoms with van der Waals surface area (Å²) in [7, 11) is 0. The molecule has 0 fully saturated rings. The number of aryl methyl sites for hydroxylation is 1. The molecule has 0 atom stereocenters. The average Bonchev–Trinajstić information content (AvgIpc) is 2.82. The maximum absolute atomic E-state index is 2.39. The third-order valence-corrected chi connectivity index (χ3v) is 6.18. The first-order chi connectivity index (χ1) is 15.2. The van der Waals surface area contributed by atoms with Crippen LogP contribution in [0, 0.1) is 6.92 Å². The van der Waals surface area contributed by atoms with Crippen molar-refractivity contribution in [1.29, 1.82) is 0 Å². The number of hydrogen-bond donors (Lipinski definition) is 0. The van der Waals surface area contributed by atoms with Gasteiger partial charge in [0.05, 0.1) is 0 Å². The summed E-state index contributed by atoms with van der Waals surface area (Å²) in [5, 5.41) is 7.85. The first kappa shape index (κ1) is 19.3. The molecule has 150 valence electrons. The minimum atomic E-state index is 1.26. The van der Waals surface area contributed by atoms with Gasteiger partial charge in [-0.15, -0.1) is 0 Å². The summed E-state index contributed by atoms with van der Waals surface area (Å²) >= 11 is 0. The van der Waals surface area contributed by atoms with E-state index in [9.17, 15) is 0 Å². The third kappa shape index (κ3) is 3.25. The van der Waals surface area contributed by atoms with Crippen LogP contribution < -0.4 is 0 Å². The second kappa shape index (κ2) is 7.89. The lowest BCUT2D eigenvalue weighted by molar-refractivity contribution is 1.51. The van der Waals surface area contributed by atoms with Gasteiger partial charge in [0.15, 0.2) is 0 Å². The third-order valence-electron chi connectivity index (χ3n) is 6.18. The molecule has 0 aliphatic rings. The van der Waals surface area contributed by atoms with Gasteiger partial charge in [-0.3, -0.25) is 0 Å². The van der Waals surface area contributed by atoms with Crippen molar-refractivity contribution >= 4 is 37.9 Å². The first-order valence-corrected chi connectivity index (χ1v) is 10.9. The summed E-state index contributed by atoms with van der Waals surface area (Å²) in [6.45, 7) is 6.38. The van der Waals surface area contributed by atoms with Gasteiger partial charge in [0.25, 0.3) is 0 Å². The lowest BCUT2D eigenvalue weighted by Crippen LogP contribution is -1.91. The first-order valence-electron chi connectivity index (χ1n) is 10.9. The highest BCUT2D eigenvalue weighted by molar-refractivity contribution is 6.23. The molecule has 0 unspecified atom stereocenters. The largest absolute Gasteiger partial charge is 0.0871 e. The van der Waals surface area contributed by atoms with E-state index in [1.54, 1.807) is 0 Å². The molecule has 0 saturated carbocycles. The normalized spacial score (nSPS) is 12.4. The highest BCUT2D eigenvalue weighted by Gasteiger charge is 2.14. The molecule has 0 heteroatoms. The molecule has 0 aliphatic heterocycles. The van der Waals surface area contributed by atoms with Gasteiger partial charge < -0.3 is 0 Å². The summed E-state index contributed by atoms with van der Waals surface area (Å²) in [5.74, 6) is 0. The lowest BCUT2D eigenvalue weighted by Gasteiger charge is -2.16. The van der Waals surface area contributed by atoms with Gasteiger partial charge in [-0.2, -0.15) is 0 Å². The molecule has 0 aromatic heterocycles. The number of rotatable bonds is 3. The van der Waals surface area contributed by atoms with Crippen LogP contribution in [0.1, 0.15) is 25.0 Å². The molecule has 0 saturated heterocycles. The van der Waals surface area contributed by atoms with E-state index in [1.165, 1.54) is 60.1 Å². The fourth-order valence-corrected chi connectivity index (χ4v) is 4.73. The van der Waals surface area contributed by atoms with Crippen LogP contribution >= 0.6 is 0 Å². The van der Waals surface area contributed by atoms with Crippen LogP contribution in [0.4, 0.5) is 0 Å². The Bertz CT molecular complexity index is 1480. The van der Waals surface area contributed by atoms with E-state index in [0.717, 1.165) is 0 Å². The molecule has 5 aromatic rings. The second-order valence-corrected chi connectivity index (χ2v) is 8.15. The molecular weight excluding hydrogens is 372 g/mol. The Labute approximate surface area is 184 Å². The molecule has 0 nitrogen and oxygen atoms in total.